The molecule has 0 aromatic heterocycles. The lowest BCUT2D eigenvalue weighted by atomic mass is 9.47. The zero-order chi connectivity index (χ0) is 48.8. The van der Waals surface area contributed by atoms with Crippen LogP contribution in [-0.2, 0) is 19.9 Å². The molecule has 9 heteroatoms. The summed E-state index contributed by atoms with van der Waals surface area (Å²) in [7, 11) is 3.30. The number of carbonyl (C=O) groups excluding carboxylic acids is 2. The molecule has 69 heavy (non-hydrogen) atoms. The number of hydrogen-bond acceptors (Lipinski definition) is 7. The van der Waals surface area contributed by atoms with E-state index in [1.807, 2.05) is 66.7 Å². The first-order valence-corrected chi connectivity index (χ1v) is 26.5. The Morgan fingerprint density at radius 1 is 0.841 bits per heavy atom. The summed E-state index contributed by atoms with van der Waals surface area (Å²) in [6.07, 6.45) is 18.6. The van der Waals surface area contributed by atoms with Gasteiger partial charge in [-0.15, -0.1) is 0 Å². The summed E-state index contributed by atoms with van der Waals surface area (Å²) in [6, 6.07) is 25.9. The molecule has 0 radical (unpaired) electrons. The molecule has 9 nitrogen and oxygen atoms in total. The molecule has 0 bridgehead atoms. The number of fused-ring (bicyclic) bond motifs is 5. The number of benzene rings is 3. The fourth-order valence-electron chi connectivity index (χ4n) is 13.9. The molecule has 1 aliphatic heterocycles. The minimum Gasteiger partial charge on any atom is -0.497 e. The van der Waals surface area contributed by atoms with Crippen LogP contribution in [0.3, 0.4) is 0 Å². The standard InChI is InChI=1S/C60H82N2O7/c1-41(2)15-14-16-42(3)52-30-31-53-51-29-24-47-37-50(32-34-58(47,4)54(51)33-35-59(52,53)5)69-57(65)61-36-13-9-12-19-56(64)62-38-43(55(63)39-62)40-68-60(44-17-10-8-11-18-44,45-20-25-48(66-6)26-21-45)46-22-27-49(67-7)28-23-46/h8,10-11,16-18,20-28,41,43,50-55,63H,9,12-15,19,29-40H2,1-7H3,(H,61,65). The molecule has 2 amide bonds. The van der Waals surface area contributed by atoms with Gasteiger partial charge in [0.15, 0.2) is 0 Å². The van der Waals surface area contributed by atoms with Crippen LogP contribution in [0, 0.1) is 46.3 Å². The van der Waals surface area contributed by atoms with Gasteiger partial charge in [-0.2, -0.15) is 0 Å². The Kier molecular flexibility index (Phi) is 16.4. The average Bonchev–Trinajstić information content (AvgIpc) is 3.92. The predicted molar refractivity (Wildman–Crippen MR) is 274 cm³/mol. The van der Waals surface area contributed by atoms with Gasteiger partial charge in [0.1, 0.15) is 23.2 Å². The fourth-order valence-corrected chi connectivity index (χ4v) is 13.9. The minimum absolute atomic E-state index is 0.0330. The largest absolute Gasteiger partial charge is 0.497 e. The fraction of sp³-hybridized carbons (Fsp3) is 0.600. The van der Waals surface area contributed by atoms with E-state index in [2.05, 4.69) is 64.2 Å². The Hall–Kier alpha value is -4.60. The normalized spacial score (nSPS) is 28.9. The Bertz CT molecular complexity index is 2190. The Morgan fingerprint density at radius 2 is 1.52 bits per heavy atom. The van der Waals surface area contributed by atoms with Crippen LogP contribution in [0.1, 0.15) is 141 Å². The van der Waals surface area contributed by atoms with Crippen molar-refractivity contribution in [1.29, 1.82) is 0 Å². The van der Waals surface area contributed by atoms with Crippen molar-refractivity contribution in [2.75, 3.05) is 40.5 Å². The summed E-state index contributed by atoms with van der Waals surface area (Å²) >= 11 is 0. The van der Waals surface area contributed by atoms with Crippen LogP contribution in [0.25, 0.3) is 0 Å². The highest BCUT2D eigenvalue weighted by Gasteiger charge is 2.59. The monoisotopic (exact) mass is 943 g/mol. The van der Waals surface area contributed by atoms with E-state index < -0.39 is 11.7 Å². The van der Waals surface area contributed by atoms with Crippen LogP contribution in [0.5, 0.6) is 11.5 Å². The third-order valence-electron chi connectivity index (χ3n) is 17.9. The van der Waals surface area contributed by atoms with E-state index >= 15 is 0 Å². The molecule has 3 saturated carbocycles. The van der Waals surface area contributed by atoms with E-state index in [0.717, 1.165) is 89.9 Å². The van der Waals surface area contributed by atoms with Crippen molar-refractivity contribution in [3.05, 3.63) is 119 Å². The summed E-state index contributed by atoms with van der Waals surface area (Å²) in [5, 5.41) is 14.3. The highest BCUT2D eigenvalue weighted by Crippen LogP contribution is 2.67. The number of aliphatic hydroxyl groups is 1. The van der Waals surface area contributed by atoms with E-state index in [9.17, 15) is 14.7 Å². The maximum Gasteiger partial charge on any atom is 0.407 e. The molecule has 1 saturated heterocycles. The highest BCUT2D eigenvalue weighted by atomic mass is 16.6. The summed E-state index contributed by atoms with van der Waals surface area (Å²) in [6.45, 7) is 13.7. The topological polar surface area (TPSA) is 107 Å². The second kappa shape index (κ2) is 22.2. The molecule has 5 aliphatic rings. The van der Waals surface area contributed by atoms with E-state index in [-0.39, 0.29) is 42.6 Å². The molecule has 9 atom stereocenters. The van der Waals surface area contributed by atoms with Crippen LogP contribution in [-0.4, -0.2) is 74.7 Å². The lowest BCUT2D eigenvalue weighted by molar-refractivity contribution is -0.130. The Morgan fingerprint density at radius 3 is 2.19 bits per heavy atom. The molecular weight excluding hydrogens is 861 g/mol. The van der Waals surface area contributed by atoms with Crippen molar-refractivity contribution in [2.24, 2.45) is 46.3 Å². The van der Waals surface area contributed by atoms with E-state index in [1.54, 1.807) is 24.7 Å². The second-order valence-corrected chi connectivity index (χ2v) is 22.3. The summed E-state index contributed by atoms with van der Waals surface area (Å²) in [5.74, 6) is 5.04. The predicted octanol–water partition coefficient (Wildman–Crippen LogP) is 12.4. The lowest BCUT2D eigenvalue weighted by Gasteiger charge is -2.58. The van der Waals surface area contributed by atoms with Crippen molar-refractivity contribution >= 4 is 12.0 Å². The van der Waals surface area contributed by atoms with Gasteiger partial charge < -0.3 is 34.3 Å². The molecule has 374 valence electrons. The molecule has 8 rings (SSSR count). The van der Waals surface area contributed by atoms with E-state index in [4.69, 9.17) is 18.9 Å². The minimum atomic E-state index is -1.01. The maximum atomic E-state index is 13.5. The molecule has 3 aromatic rings. The first-order chi connectivity index (χ1) is 33.3. The molecular formula is C60H82N2O7. The van der Waals surface area contributed by atoms with Gasteiger partial charge in [0.2, 0.25) is 5.91 Å². The number of ether oxygens (including phenoxy) is 4. The number of unbranched alkanes of at least 4 members (excludes halogenated alkanes) is 2. The van der Waals surface area contributed by atoms with Crippen molar-refractivity contribution in [1.82, 2.24) is 10.2 Å². The van der Waals surface area contributed by atoms with Crippen molar-refractivity contribution in [2.45, 2.75) is 142 Å². The summed E-state index contributed by atoms with van der Waals surface area (Å²) in [5.41, 5.74) is 5.59. The van der Waals surface area contributed by atoms with Gasteiger partial charge in [0.05, 0.1) is 26.9 Å². The first kappa shape index (κ1) is 50.8. The average molecular weight is 943 g/mol. The van der Waals surface area contributed by atoms with Gasteiger partial charge in [-0.1, -0.05) is 112 Å². The van der Waals surface area contributed by atoms with Gasteiger partial charge in [0.25, 0.3) is 0 Å². The summed E-state index contributed by atoms with van der Waals surface area (Å²) in [4.78, 5) is 28.3. The smallest absolute Gasteiger partial charge is 0.407 e. The van der Waals surface area contributed by atoms with E-state index in [1.165, 1.54) is 50.5 Å². The number of likely N-dealkylation sites (tertiary alicyclic amines) is 1. The highest BCUT2D eigenvalue weighted by molar-refractivity contribution is 5.76. The number of nitrogens with one attached hydrogen (secondary N) is 1. The number of rotatable bonds is 19. The third-order valence-corrected chi connectivity index (χ3v) is 17.9. The van der Waals surface area contributed by atoms with Crippen LogP contribution in [0.15, 0.2) is 102 Å². The van der Waals surface area contributed by atoms with Crippen LogP contribution in [0.4, 0.5) is 4.79 Å². The molecule has 9 unspecified atom stereocenters. The maximum absolute atomic E-state index is 13.5. The first-order valence-electron chi connectivity index (χ1n) is 26.5. The van der Waals surface area contributed by atoms with Gasteiger partial charge in [-0.3, -0.25) is 4.79 Å². The molecule has 1 heterocycles. The lowest BCUT2D eigenvalue weighted by Crippen LogP contribution is -2.50. The molecule has 0 spiro atoms. The van der Waals surface area contributed by atoms with Crippen molar-refractivity contribution in [3.63, 3.8) is 0 Å². The second-order valence-electron chi connectivity index (χ2n) is 22.3. The van der Waals surface area contributed by atoms with E-state index in [0.29, 0.717) is 31.3 Å². The number of carbonyl (C=O) groups is 2. The van der Waals surface area contributed by atoms with Crippen LogP contribution in [0.2, 0.25) is 0 Å². The number of allylic oxidation sites excluding steroid dienone is 3. The number of nitrogens with zero attached hydrogens (tertiary/aromatic N) is 1. The number of aliphatic hydroxyl groups excluding tert-OH is 1. The zero-order valence-corrected chi connectivity index (χ0v) is 42.9. The zero-order valence-electron chi connectivity index (χ0n) is 42.9. The van der Waals surface area contributed by atoms with Gasteiger partial charge in [-0.25, -0.2) is 4.79 Å². The number of methoxy groups -OCH3 is 2. The van der Waals surface area contributed by atoms with Gasteiger partial charge >= 0.3 is 6.09 Å². The quantitative estimate of drug-likeness (QED) is 0.0700. The van der Waals surface area contributed by atoms with Gasteiger partial charge in [-0.05, 0) is 159 Å². The number of alkyl carbamates (subject to hydrolysis) is 1. The molecule has 3 aromatic carbocycles. The van der Waals surface area contributed by atoms with Crippen LogP contribution < -0.4 is 14.8 Å². The third kappa shape index (κ3) is 10.9. The number of hydrogen-bond donors (Lipinski definition) is 2. The Labute approximate surface area is 413 Å². The molecule has 4 aliphatic carbocycles. The Balaban J connectivity index is 0.778. The summed E-state index contributed by atoms with van der Waals surface area (Å²) < 4.78 is 24.1. The number of β-amino-alcohol motifs (C(OH)–C–C–N with tert-alkyl or cyclic N) is 1. The SMILES string of the molecule is COc1ccc(C(OCC2CN(C(=O)CCCCCNC(=O)OC3CCC4(C)C(=CCC5C4CCC4(C)C(C(C)=CCCC(C)C)CCC54)C3)CC2O)(c2ccccc2)c2ccc(OC)cc2)cc1. The van der Waals surface area contributed by atoms with Crippen LogP contribution >= 0.6 is 0 Å². The molecule has 2 N–H and O–H groups in total. The van der Waals surface area contributed by atoms with Gasteiger partial charge in [0, 0.05) is 38.4 Å². The van der Waals surface area contributed by atoms with Crippen molar-refractivity contribution < 1.29 is 33.6 Å². The van der Waals surface area contributed by atoms with Crippen molar-refractivity contribution in [3.8, 4) is 11.5 Å². The molecule has 4 fully saturated rings. The number of amides is 2.